The summed E-state index contributed by atoms with van der Waals surface area (Å²) in [6.07, 6.45) is 2.66. The Labute approximate surface area is 171 Å². The first kappa shape index (κ1) is 20.3. The molecule has 1 amide bonds. The highest BCUT2D eigenvalue weighted by Gasteiger charge is 2.12. The van der Waals surface area contributed by atoms with Crippen molar-refractivity contribution in [1.29, 1.82) is 5.41 Å². The van der Waals surface area contributed by atoms with E-state index in [0.29, 0.717) is 17.0 Å². The second-order valence-corrected chi connectivity index (χ2v) is 7.23. The summed E-state index contributed by atoms with van der Waals surface area (Å²) < 4.78 is 15.5. The average molecular weight is 410 g/mol. The van der Waals surface area contributed by atoms with Gasteiger partial charge in [-0.25, -0.2) is 4.39 Å². The van der Waals surface area contributed by atoms with Gasteiger partial charge in [-0.1, -0.05) is 18.3 Å². The van der Waals surface area contributed by atoms with Crippen molar-refractivity contribution in [2.75, 3.05) is 5.32 Å². The lowest BCUT2D eigenvalue weighted by Gasteiger charge is -2.11. The van der Waals surface area contributed by atoms with Gasteiger partial charge in [-0.05, 0) is 30.3 Å². The number of aryl methyl sites for hydroxylation is 1. The molecule has 9 heteroatoms. The van der Waals surface area contributed by atoms with E-state index < -0.39 is 5.82 Å². The van der Waals surface area contributed by atoms with Crippen LogP contribution < -0.4 is 10.6 Å². The smallest absolute Gasteiger partial charge is 0.222 e. The summed E-state index contributed by atoms with van der Waals surface area (Å²) in [7, 11) is 1.77. The number of carbonyl (C=O) groups excluding carboxylic acids is 1. The molecule has 0 spiro atoms. The first-order chi connectivity index (χ1) is 13.8. The Hall–Kier alpha value is -3.46. The van der Waals surface area contributed by atoms with Crippen LogP contribution in [0.15, 0.2) is 65.3 Å². The van der Waals surface area contributed by atoms with Crippen LogP contribution in [0.4, 0.5) is 10.1 Å². The van der Waals surface area contributed by atoms with Crippen molar-refractivity contribution in [3.05, 3.63) is 72.4 Å². The molecule has 148 valence electrons. The number of aromatic nitrogens is 3. The van der Waals surface area contributed by atoms with Gasteiger partial charge in [0.2, 0.25) is 5.91 Å². The van der Waals surface area contributed by atoms with Crippen LogP contribution in [0.3, 0.4) is 0 Å². The van der Waals surface area contributed by atoms with Crippen molar-refractivity contribution in [3.8, 4) is 0 Å². The van der Waals surface area contributed by atoms with Crippen LogP contribution in [0, 0.1) is 11.2 Å². The van der Waals surface area contributed by atoms with E-state index >= 15 is 0 Å². The van der Waals surface area contributed by atoms with Crippen molar-refractivity contribution < 1.29 is 9.18 Å². The number of amidine groups is 1. The van der Waals surface area contributed by atoms with Gasteiger partial charge in [0.25, 0.3) is 0 Å². The SMILES string of the molecule is C=C(Nc1ccc(Sc2cc(C(=N)NC(C)=O)nn2C)cc1)c1ccncc1F. The third kappa shape index (κ3) is 5.08. The van der Waals surface area contributed by atoms with Crippen LogP contribution in [-0.2, 0) is 11.8 Å². The molecule has 7 nitrogen and oxygen atoms in total. The van der Waals surface area contributed by atoms with Gasteiger partial charge >= 0.3 is 0 Å². The lowest BCUT2D eigenvalue weighted by Crippen LogP contribution is -2.28. The zero-order valence-electron chi connectivity index (χ0n) is 15.9. The standard InChI is InChI=1S/C20H19FN6OS/c1-12(16-8-9-23-11-17(16)21)24-14-4-6-15(7-5-14)29-19-10-18(26-27(19)3)20(22)25-13(2)28/h4-11,24H,1H2,2-3H3,(H2,22,25,28). The summed E-state index contributed by atoms with van der Waals surface area (Å²) in [4.78, 5) is 15.8. The highest BCUT2D eigenvalue weighted by atomic mass is 32.2. The van der Waals surface area contributed by atoms with E-state index in [0.717, 1.165) is 21.8 Å². The number of amides is 1. The predicted octanol–water partition coefficient (Wildman–Crippen LogP) is 3.65. The number of anilines is 1. The quantitative estimate of drug-likeness (QED) is 0.426. The molecule has 0 unspecified atom stereocenters. The van der Waals surface area contributed by atoms with Crippen molar-refractivity contribution in [2.45, 2.75) is 16.8 Å². The van der Waals surface area contributed by atoms with E-state index in [1.165, 1.54) is 24.9 Å². The molecule has 0 fully saturated rings. The van der Waals surface area contributed by atoms with Gasteiger partial charge in [0.1, 0.15) is 5.69 Å². The molecular formula is C20H19FN6OS. The van der Waals surface area contributed by atoms with Crippen LogP contribution in [0.5, 0.6) is 0 Å². The number of rotatable bonds is 6. The summed E-state index contributed by atoms with van der Waals surface area (Å²) in [6.45, 7) is 5.22. The Balaban J connectivity index is 1.67. The third-order valence-electron chi connectivity index (χ3n) is 3.86. The lowest BCUT2D eigenvalue weighted by molar-refractivity contribution is -0.117. The topological polar surface area (TPSA) is 95.7 Å². The zero-order valence-corrected chi connectivity index (χ0v) is 16.7. The Morgan fingerprint density at radius 1 is 1.28 bits per heavy atom. The number of benzene rings is 1. The number of hydrogen-bond donors (Lipinski definition) is 3. The fourth-order valence-electron chi connectivity index (χ4n) is 2.50. The Morgan fingerprint density at radius 2 is 2.00 bits per heavy atom. The van der Waals surface area contributed by atoms with E-state index in [2.05, 4.69) is 27.3 Å². The number of nitrogens with one attached hydrogen (secondary N) is 3. The first-order valence-corrected chi connectivity index (χ1v) is 9.39. The molecule has 3 aromatic rings. The Bertz CT molecular complexity index is 1080. The largest absolute Gasteiger partial charge is 0.355 e. The van der Waals surface area contributed by atoms with E-state index in [4.69, 9.17) is 5.41 Å². The van der Waals surface area contributed by atoms with Crippen molar-refractivity contribution in [3.63, 3.8) is 0 Å². The molecule has 3 rings (SSSR count). The summed E-state index contributed by atoms with van der Waals surface area (Å²) >= 11 is 1.47. The molecule has 0 atom stereocenters. The van der Waals surface area contributed by atoms with Crippen LogP contribution in [0.2, 0.25) is 0 Å². The van der Waals surface area contributed by atoms with Crippen molar-refractivity contribution >= 4 is 34.9 Å². The molecule has 0 saturated heterocycles. The number of hydrogen-bond acceptors (Lipinski definition) is 6. The number of carbonyl (C=O) groups is 1. The fourth-order valence-corrected chi connectivity index (χ4v) is 3.35. The molecule has 0 bridgehead atoms. The second kappa shape index (κ2) is 8.70. The fraction of sp³-hybridized carbons (Fsp3) is 0.100. The van der Waals surface area contributed by atoms with Gasteiger partial charge in [-0.3, -0.25) is 19.9 Å². The minimum Gasteiger partial charge on any atom is -0.355 e. The summed E-state index contributed by atoms with van der Waals surface area (Å²) in [5.41, 5.74) is 1.97. The molecule has 0 aliphatic carbocycles. The van der Waals surface area contributed by atoms with Crippen LogP contribution in [0.1, 0.15) is 18.2 Å². The molecule has 29 heavy (non-hydrogen) atoms. The molecule has 2 heterocycles. The Kier molecular flexibility index (Phi) is 6.08. The van der Waals surface area contributed by atoms with Gasteiger partial charge in [0.15, 0.2) is 11.7 Å². The van der Waals surface area contributed by atoms with E-state index in [-0.39, 0.29) is 11.7 Å². The highest BCUT2D eigenvalue weighted by Crippen LogP contribution is 2.29. The third-order valence-corrected chi connectivity index (χ3v) is 4.96. The number of pyridine rings is 1. The van der Waals surface area contributed by atoms with Crippen molar-refractivity contribution in [1.82, 2.24) is 20.1 Å². The first-order valence-electron chi connectivity index (χ1n) is 8.58. The van der Waals surface area contributed by atoms with Gasteiger partial charge in [-0.2, -0.15) is 5.10 Å². The number of halogens is 1. The minimum absolute atomic E-state index is 0.0404. The number of nitrogens with zero attached hydrogens (tertiary/aromatic N) is 3. The molecule has 0 saturated carbocycles. The summed E-state index contributed by atoms with van der Waals surface area (Å²) in [5.74, 6) is -0.790. The molecule has 1 aromatic carbocycles. The molecule has 0 radical (unpaired) electrons. The minimum atomic E-state index is -0.436. The molecule has 3 N–H and O–H groups in total. The van der Waals surface area contributed by atoms with Crippen LogP contribution in [-0.4, -0.2) is 26.5 Å². The average Bonchev–Trinajstić information content (AvgIpc) is 3.04. The van der Waals surface area contributed by atoms with Gasteiger partial charge < -0.3 is 10.6 Å². The molecular weight excluding hydrogens is 391 g/mol. The van der Waals surface area contributed by atoms with E-state index in [9.17, 15) is 9.18 Å². The maximum Gasteiger partial charge on any atom is 0.222 e. The van der Waals surface area contributed by atoms with Gasteiger partial charge in [0, 0.05) is 48.1 Å². The van der Waals surface area contributed by atoms with E-state index in [1.807, 2.05) is 24.3 Å². The summed E-state index contributed by atoms with van der Waals surface area (Å²) in [5, 5.41) is 18.4. The lowest BCUT2D eigenvalue weighted by atomic mass is 10.2. The normalized spacial score (nSPS) is 10.4. The summed E-state index contributed by atoms with van der Waals surface area (Å²) in [6, 6.07) is 10.9. The van der Waals surface area contributed by atoms with Crippen molar-refractivity contribution in [2.24, 2.45) is 7.05 Å². The highest BCUT2D eigenvalue weighted by molar-refractivity contribution is 7.99. The van der Waals surface area contributed by atoms with Crippen LogP contribution in [0.25, 0.3) is 5.70 Å². The monoisotopic (exact) mass is 410 g/mol. The predicted molar refractivity (Wildman–Crippen MR) is 111 cm³/mol. The van der Waals surface area contributed by atoms with Gasteiger partial charge in [-0.15, -0.1) is 0 Å². The van der Waals surface area contributed by atoms with Crippen LogP contribution >= 0.6 is 11.8 Å². The van der Waals surface area contributed by atoms with Gasteiger partial charge in [0.05, 0.1) is 11.2 Å². The molecule has 0 aliphatic heterocycles. The zero-order chi connectivity index (χ0) is 21.0. The maximum absolute atomic E-state index is 13.8. The van der Waals surface area contributed by atoms with E-state index in [1.54, 1.807) is 23.9 Å². The maximum atomic E-state index is 13.8. The molecule has 0 aliphatic rings. The molecule has 2 aromatic heterocycles. The Morgan fingerprint density at radius 3 is 2.66 bits per heavy atom. The second-order valence-electron chi connectivity index (χ2n) is 6.13.